The summed E-state index contributed by atoms with van der Waals surface area (Å²) in [5.74, 6) is 0.720. The Hall–Kier alpha value is -2.34. The number of nitrogens with one attached hydrogen (secondary N) is 3. The number of nitrogens with zero attached hydrogens (tertiary/aromatic N) is 2. The van der Waals surface area contributed by atoms with Gasteiger partial charge in [-0.25, -0.2) is 9.48 Å². The van der Waals surface area contributed by atoms with Crippen molar-refractivity contribution in [1.29, 1.82) is 0 Å². The fourth-order valence-electron chi connectivity index (χ4n) is 4.21. The van der Waals surface area contributed by atoms with Crippen molar-refractivity contribution in [2.75, 3.05) is 11.9 Å². The van der Waals surface area contributed by atoms with E-state index in [1.54, 1.807) is 0 Å². The highest BCUT2D eigenvalue weighted by Gasteiger charge is 2.23. The quantitative estimate of drug-likeness (QED) is 0.727. The number of carbonyl (C=O) groups is 1. The molecule has 3 N–H and O–H groups in total. The number of anilines is 1. The molecule has 2 aromatic rings. The monoisotopic (exact) mass is 395 g/mol. The molecule has 2 amide bonds. The normalized spacial score (nSPS) is 17.6. The molecule has 1 aliphatic heterocycles. The second-order valence-electron chi connectivity index (χ2n) is 9.39. The Morgan fingerprint density at radius 2 is 1.93 bits per heavy atom. The third-order valence-corrected chi connectivity index (χ3v) is 5.98. The first-order chi connectivity index (χ1) is 13.9. The summed E-state index contributed by atoms with van der Waals surface area (Å²) < 4.78 is 1.88. The molecule has 2 heterocycles. The molecular formula is C23H33N5O. The number of hydrogen-bond acceptors (Lipinski definition) is 3. The van der Waals surface area contributed by atoms with Crippen LogP contribution in [0.4, 0.5) is 10.6 Å². The first-order valence-electron chi connectivity index (χ1n) is 10.9. The van der Waals surface area contributed by atoms with Gasteiger partial charge >= 0.3 is 6.03 Å². The number of hydrogen-bond donors (Lipinski definition) is 3. The van der Waals surface area contributed by atoms with Crippen LogP contribution >= 0.6 is 0 Å². The maximum absolute atomic E-state index is 12.7. The predicted octanol–water partition coefficient (Wildman–Crippen LogP) is 4.27. The van der Waals surface area contributed by atoms with Crippen molar-refractivity contribution in [2.24, 2.45) is 0 Å². The zero-order chi connectivity index (χ0) is 20.4. The summed E-state index contributed by atoms with van der Waals surface area (Å²) in [4.78, 5) is 12.7. The molecule has 1 aromatic heterocycles. The van der Waals surface area contributed by atoms with Crippen LogP contribution in [0.2, 0.25) is 0 Å². The molecular weight excluding hydrogens is 362 g/mol. The van der Waals surface area contributed by atoms with Crippen LogP contribution in [0.25, 0.3) is 5.69 Å². The summed E-state index contributed by atoms with van der Waals surface area (Å²) in [7, 11) is 0. The highest BCUT2D eigenvalue weighted by Crippen LogP contribution is 2.28. The minimum absolute atomic E-state index is 0.0976. The van der Waals surface area contributed by atoms with Crippen molar-refractivity contribution in [1.82, 2.24) is 20.4 Å². The summed E-state index contributed by atoms with van der Waals surface area (Å²) in [6.45, 7) is 8.34. The minimum Gasteiger partial charge on any atom is -0.335 e. The first kappa shape index (κ1) is 20.0. The zero-order valence-corrected chi connectivity index (χ0v) is 17.8. The molecule has 1 fully saturated rings. The fourth-order valence-corrected chi connectivity index (χ4v) is 4.21. The van der Waals surface area contributed by atoms with Crippen LogP contribution in [0.3, 0.4) is 0 Å². The Morgan fingerprint density at radius 1 is 1.14 bits per heavy atom. The van der Waals surface area contributed by atoms with Gasteiger partial charge in [-0.2, -0.15) is 5.10 Å². The third-order valence-electron chi connectivity index (χ3n) is 5.98. The molecule has 0 unspecified atom stereocenters. The summed E-state index contributed by atoms with van der Waals surface area (Å²) in [5, 5.41) is 14.5. The Balaban J connectivity index is 1.60. The van der Waals surface area contributed by atoms with Crippen molar-refractivity contribution in [3.05, 3.63) is 41.1 Å². The average molecular weight is 396 g/mol. The Bertz CT molecular complexity index is 874. The van der Waals surface area contributed by atoms with Crippen LogP contribution in [0.15, 0.2) is 24.3 Å². The molecule has 156 valence electrons. The number of aromatic nitrogens is 2. The molecule has 1 aromatic carbocycles. The topological polar surface area (TPSA) is 71.0 Å². The van der Waals surface area contributed by atoms with E-state index in [-0.39, 0.29) is 17.5 Å². The molecule has 0 atom stereocenters. The van der Waals surface area contributed by atoms with Gasteiger partial charge in [-0.15, -0.1) is 0 Å². The largest absolute Gasteiger partial charge is 0.335 e. The van der Waals surface area contributed by atoms with E-state index >= 15 is 0 Å². The van der Waals surface area contributed by atoms with E-state index < -0.39 is 0 Å². The Morgan fingerprint density at radius 3 is 2.69 bits per heavy atom. The second kappa shape index (κ2) is 8.19. The van der Waals surface area contributed by atoms with E-state index in [4.69, 9.17) is 5.10 Å². The smallest absolute Gasteiger partial charge is 0.320 e. The molecule has 0 bridgehead atoms. The van der Waals surface area contributed by atoms with Gasteiger partial charge in [0.2, 0.25) is 0 Å². The molecule has 1 saturated carbocycles. The van der Waals surface area contributed by atoms with Gasteiger partial charge in [-0.05, 0) is 49.1 Å². The van der Waals surface area contributed by atoms with Crippen LogP contribution in [-0.2, 0) is 18.4 Å². The highest BCUT2D eigenvalue weighted by molar-refractivity contribution is 5.89. The number of urea groups is 1. The van der Waals surface area contributed by atoms with E-state index in [1.165, 1.54) is 30.4 Å². The van der Waals surface area contributed by atoms with Crippen LogP contribution in [0.5, 0.6) is 0 Å². The predicted molar refractivity (Wildman–Crippen MR) is 117 cm³/mol. The molecule has 1 aliphatic carbocycles. The van der Waals surface area contributed by atoms with Crippen LogP contribution < -0.4 is 16.0 Å². The van der Waals surface area contributed by atoms with Gasteiger partial charge in [0.05, 0.1) is 11.4 Å². The second-order valence-corrected chi connectivity index (χ2v) is 9.39. The van der Waals surface area contributed by atoms with E-state index in [1.807, 2.05) is 10.7 Å². The third kappa shape index (κ3) is 4.64. The summed E-state index contributed by atoms with van der Waals surface area (Å²) in [6, 6.07) is 8.61. The maximum Gasteiger partial charge on any atom is 0.320 e. The highest BCUT2D eigenvalue weighted by atomic mass is 16.2. The molecule has 4 rings (SSSR count). The van der Waals surface area contributed by atoms with Gasteiger partial charge in [-0.3, -0.25) is 5.32 Å². The van der Waals surface area contributed by atoms with Crippen molar-refractivity contribution in [3.8, 4) is 5.69 Å². The van der Waals surface area contributed by atoms with E-state index in [2.05, 4.69) is 54.9 Å². The van der Waals surface area contributed by atoms with E-state index in [0.717, 1.165) is 49.6 Å². The van der Waals surface area contributed by atoms with Gasteiger partial charge < -0.3 is 10.6 Å². The van der Waals surface area contributed by atoms with Crippen molar-refractivity contribution in [2.45, 2.75) is 77.3 Å². The standard InChI is InChI=1S/C23H33N5O/c1-23(2,3)20-14-21(26-22(29)25-18-7-5-4-6-8-18)28(27-20)19-10-9-17-15-24-12-11-16(17)13-19/h9-10,13-14,18,24H,4-8,11-12,15H2,1-3H3,(H2,25,26,29). The van der Waals surface area contributed by atoms with Crippen LogP contribution in [-0.4, -0.2) is 28.4 Å². The lowest BCUT2D eigenvalue weighted by molar-refractivity contribution is 0.244. The number of benzene rings is 1. The van der Waals surface area contributed by atoms with Gasteiger partial charge in [0, 0.05) is 24.1 Å². The van der Waals surface area contributed by atoms with Crippen molar-refractivity contribution in [3.63, 3.8) is 0 Å². The minimum atomic E-state index is -0.138. The fraction of sp³-hybridized carbons (Fsp3) is 0.565. The van der Waals surface area contributed by atoms with Gasteiger partial charge in [0.1, 0.15) is 5.82 Å². The zero-order valence-electron chi connectivity index (χ0n) is 17.8. The van der Waals surface area contributed by atoms with Crippen LogP contribution in [0.1, 0.15) is 69.7 Å². The number of amides is 2. The van der Waals surface area contributed by atoms with Crippen molar-refractivity contribution >= 4 is 11.8 Å². The molecule has 6 heteroatoms. The SMILES string of the molecule is CC(C)(C)c1cc(NC(=O)NC2CCCCC2)n(-c2ccc3c(c2)CCNC3)n1. The molecule has 0 spiro atoms. The summed E-state index contributed by atoms with van der Waals surface area (Å²) in [5.41, 5.74) is 4.55. The number of carbonyl (C=O) groups excluding carboxylic acids is 1. The van der Waals surface area contributed by atoms with E-state index in [9.17, 15) is 4.79 Å². The maximum atomic E-state index is 12.7. The molecule has 0 radical (unpaired) electrons. The van der Waals surface area contributed by atoms with E-state index in [0.29, 0.717) is 0 Å². The summed E-state index contributed by atoms with van der Waals surface area (Å²) >= 11 is 0. The lowest BCUT2D eigenvalue weighted by Gasteiger charge is -2.23. The Kier molecular flexibility index (Phi) is 5.63. The molecule has 6 nitrogen and oxygen atoms in total. The van der Waals surface area contributed by atoms with Gasteiger partial charge in [0.25, 0.3) is 0 Å². The van der Waals surface area contributed by atoms with Crippen LogP contribution in [0, 0.1) is 0 Å². The molecule has 2 aliphatic rings. The first-order valence-corrected chi connectivity index (χ1v) is 10.9. The van der Waals surface area contributed by atoms with Gasteiger partial charge in [-0.1, -0.05) is 46.1 Å². The molecule has 29 heavy (non-hydrogen) atoms. The van der Waals surface area contributed by atoms with Crippen molar-refractivity contribution < 1.29 is 4.79 Å². The average Bonchev–Trinajstić information content (AvgIpc) is 3.12. The van der Waals surface area contributed by atoms with Gasteiger partial charge in [0.15, 0.2) is 0 Å². The molecule has 0 saturated heterocycles. The number of rotatable bonds is 3. The lowest BCUT2D eigenvalue weighted by Crippen LogP contribution is -2.39. The lowest BCUT2D eigenvalue weighted by atomic mass is 9.92. The Labute approximate surface area is 173 Å². The number of fused-ring (bicyclic) bond motifs is 1. The summed E-state index contributed by atoms with van der Waals surface area (Å²) in [6.07, 6.45) is 6.82.